The Balaban J connectivity index is 0.00000338. The molecule has 5 nitrogen and oxygen atoms in total. The normalized spacial score (nSPS) is 10.6. The van der Waals surface area contributed by atoms with Gasteiger partial charge in [-0.25, -0.2) is 0 Å². The van der Waals surface area contributed by atoms with Gasteiger partial charge in [-0.1, -0.05) is 41.9 Å². The van der Waals surface area contributed by atoms with E-state index in [1.54, 1.807) is 31.3 Å². The van der Waals surface area contributed by atoms with Crippen LogP contribution in [0.3, 0.4) is 0 Å². The number of hydrogen-bond donors (Lipinski definition) is 3. The van der Waals surface area contributed by atoms with Gasteiger partial charge in [-0.05, 0) is 36.2 Å². The van der Waals surface area contributed by atoms with Gasteiger partial charge in [0.25, 0.3) is 0 Å². The highest BCUT2D eigenvalue weighted by Gasteiger charge is 2.03. The molecule has 2 rings (SSSR count). The molecule has 0 aliphatic heterocycles. The molecule has 0 radical (unpaired) electrons. The number of guanidine groups is 1. The summed E-state index contributed by atoms with van der Waals surface area (Å²) in [5.41, 5.74) is 1.94. The molecule has 1 amide bonds. The smallest absolute Gasteiger partial charge is 0.224 e. The van der Waals surface area contributed by atoms with Crippen molar-refractivity contribution in [1.82, 2.24) is 10.6 Å². The molecule has 0 saturated heterocycles. The maximum Gasteiger partial charge on any atom is 0.224 e. The lowest BCUT2D eigenvalue weighted by atomic mass is 10.2. The van der Waals surface area contributed by atoms with Gasteiger partial charge < -0.3 is 16.0 Å². The van der Waals surface area contributed by atoms with Gasteiger partial charge in [-0.2, -0.15) is 0 Å². The highest BCUT2D eigenvalue weighted by molar-refractivity contribution is 14.0. The van der Waals surface area contributed by atoms with Crippen LogP contribution >= 0.6 is 35.6 Å². The molecule has 140 valence electrons. The second kappa shape index (κ2) is 12.5. The SMILES string of the molecule is CN=C(NCCCC(=O)Nc1ccc(Cl)cc1)NCc1ccccc1.I. The molecule has 0 aliphatic rings. The third kappa shape index (κ3) is 8.53. The highest BCUT2D eigenvalue weighted by atomic mass is 127. The van der Waals surface area contributed by atoms with Gasteiger partial charge >= 0.3 is 0 Å². The number of halogens is 2. The van der Waals surface area contributed by atoms with E-state index in [2.05, 4.69) is 33.1 Å². The zero-order chi connectivity index (χ0) is 17.9. The summed E-state index contributed by atoms with van der Waals surface area (Å²) in [6.07, 6.45) is 1.15. The number of nitrogens with zero attached hydrogens (tertiary/aromatic N) is 1. The van der Waals surface area contributed by atoms with Crippen molar-refractivity contribution >= 4 is 53.1 Å². The van der Waals surface area contributed by atoms with Gasteiger partial charge in [0.2, 0.25) is 5.91 Å². The first kappa shape index (κ1) is 22.2. The third-order valence-corrected chi connectivity index (χ3v) is 3.78. The minimum absolute atomic E-state index is 0. The van der Waals surface area contributed by atoms with Gasteiger partial charge in [-0.15, -0.1) is 24.0 Å². The topological polar surface area (TPSA) is 65.5 Å². The Morgan fingerprint density at radius 1 is 1.04 bits per heavy atom. The Kier molecular flexibility index (Phi) is 10.7. The maximum absolute atomic E-state index is 11.9. The zero-order valence-electron chi connectivity index (χ0n) is 14.7. The van der Waals surface area contributed by atoms with Crippen molar-refractivity contribution in [3.05, 3.63) is 65.2 Å². The zero-order valence-corrected chi connectivity index (χ0v) is 17.8. The Labute approximate surface area is 176 Å². The van der Waals surface area contributed by atoms with E-state index in [0.717, 1.165) is 11.6 Å². The maximum atomic E-state index is 11.9. The molecule has 7 heteroatoms. The van der Waals surface area contributed by atoms with E-state index < -0.39 is 0 Å². The summed E-state index contributed by atoms with van der Waals surface area (Å²) in [4.78, 5) is 16.1. The average Bonchev–Trinajstić information content (AvgIpc) is 2.64. The minimum atomic E-state index is -0.0173. The number of hydrogen-bond acceptors (Lipinski definition) is 2. The summed E-state index contributed by atoms with van der Waals surface area (Å²) in [6.45, 7) is 1.38. The first-order valence-corrected chi connectivity index (χ1v) is 8.59. The molecule has 0 saturated carbocycles. The molecule has 0 unspecified atom stereocenters. The van der Waals surface area contributed by atoms with Crippen LogP contribution in [-0.4, -0.2) is 25.5 Å². The lowest BCUT2D eigenvalue weighted by Crippen LogP contribution is -2.37. The number of nitrogens with one attached hydrogen (secondary N) is 3. The monoisotopic (exact) mass is 486 g/mol. The summed E-state index contributed by atoms with van der Waals surface area (Å²) in [6, 6.07) is 17.2. The molecule has 26 heavy (non-hydrogen) atoms. The Morgan fingerprint density at radius 3 is 2.38 bits per heavy atom. The quantitative estimate of drug-likeness (QED) is 0.239. The first-order chi connectivity index (χ1) is 12.2. The van der Waals surface area contributed by atoms with Crippen LogP contribution in [0.5, 0.6) is 0 Å². The second-order valence-corrected chi connectivity index (χ2v) is 5.93. The predicted molar refractivity (Wildman–Crippen MR) is 119 cm³/mol. The fourth-order valence-corrected chi connectivity index (χ4v) is 2.34. The van der Waals surface area contributed by atoms with Crippen LogP contribution in [0.4, 0.5) is 5.69 Å². The van der Waals surface area contributed by atoms with Crippen molar-refractivity contribution in [3.8, 4) is 0 Å². The summed E-state index contributed by atoms with van der Waals surface area (Å²) in [7, 11) is 1.73. The number of anilines is 1. The van der Waals surface area contributed by atoms with Crippen LogP contribution in [0.1, 0.15) is 18.4 Å². The fraction of sp³-hybridized carbons (Fsp3) is 0.263. The third-order valence-electron chi connectivity index (χ3n) is 3.53. The number of aliphatic imine (C=N–C) groups is 1. The number of carbonyl (C=O) groups excluding carboxylic acids is 1. The molecule has 3 N–H and O–H groups in total. The molecule has 0 spiro atoms. The highest BCUT2D eigenvalue weighted by Crippen LogP contribution is 2.13. The van der Waals surface area contributed by atoms with Crippen molar-refractivity contribution in [2.24, 2.45) is 4.99 Å². The molecule has 0 aliphatic carbocycles. The predicted octanol–water partition coefficient (Wildman–Crippen LogP) is 4.04. The van der Waals surface area contributed by atoms with Gasteiger partial charge in [0.15, 0.2) is 5.96 Å². The molecule has 2 aromatic carbocycles. The summed E-state index contributed by atoms with van der Waals surface area (Å²) >= 11 is 5.82. The molecule has 0 atom stereocenters. The number of amides is 1. The van der Waals surface area contributed by atoms with Crippen molar-refractivity contribution in [3.63, 3.8) is 0 Å². The Bertz CT molecular complexity index is 692. The van der Waals surface area contributed by atoms with Crippen molar-refractivity contribution in [2.45, 2.75) is 19.4 Å². The summed E-state index contributed by atoms with van der Waals surface area (Å²) < 4.78 is 0. The average molecular weight is 487 g/mol. The largest absolute Gasteiger partial charge is 0.356 e. The van der Waals surface area contributed by atoms with Crippen LogP contribution in [-0.2, 0) is 11.3 Å². The minimum Gasteiger partial charge on any atom is -0.356 e. The van der Waals surface area contributed by atoms with Gasteiger partial charge in [0, 0.05) is 37.3 Å². The number of benzene rings is 2. The Morgan fingerprint density at radius 2 is 1.73 bits per heavy atom. The van der Waals surface area contributed by atoms with E-state index in [1.807, 2.05) is 18.2 Å². The molecule has 2 aromatic rings. The standard InChI is InChI=1S/C19H23ClN4O.HI/c1-21-19(23-14-15-6-3-2-4-7-15)22-13-5-8-18(25)24-17-11-9-16(20)10-12-17;/h2-4,6-7,9-12H,5,8,13-14H2,1H3,(H,24,25)(H2,21,22,23);1H. The van der Waals surface area contributed by atoms with E-state index in [-0.39, 0.29) is 29.9 Å². The van der Waals surface area contributed by atoms with Crippen LogP contribution in [0, 0.1) is 0 Å². The lowest BCUT2D eigenvalue weighted by molar-refractivity contribution is -0.116. The van der Waals surface area contributed by atoms with E-state index in [4.69, 9.17) is 11.6 Å². The summed E-state index contributed by atoms with van der Waals surface area (Å²) in [5.74, 6) is 0.707. The van der Waals surface area contributed by atoms with Crippen LogP contribution in [0.2, 0.25) is 5.02 Å². The molecule has 0 aromatic heterocycles. The molecular weight excluding hydrogens is 463 g/mol. The van der Waals surface area contributed by atoms with E-state index in [0.29, 0.717) is 31.0 Å². The second-order valence-electron chi connectivity index (χ2n) is 5.50. The molecule has 0 heterocycles. The fourth-order valence-electron chi connectivity index (χ4n) is 2.21. The van der Waals surface area contributed by atoms with E-state index >= 15 is 0 Å². The van der Waals surface area contributed by atoms with Gasteiger partial charge in [0.05, 0.1) is 0 Å². The molecule has 0 fully saturated rings. The first-order valence-electron chi connectivity index (χ1n) is 8.21. The van der Waals surface area contributed by atoms with Gasteiger partial charge in [0.1, 0.15) is 0 Å². The molecular formula is C19H24ClIN4O. The van der Waals surface area contributed by atoms with Crippen molar-refractivity contribution < 1.29 is 4.79 Å². The Hall–Kier alpha value is -1.80. The van der Waals surface area contributed by atoms with Crippen molar-refractivity contribution in [2.75, 3.05) is 18.9 Å². The van der Waals surface area contributed by atoms with E-state index in [1.165, 1.54) is 5.56 Å². The summed E-state index contributed by atoms with van der Waals surface area (Å²) in [5, 5.41) is 9.95. The van der Waals surface area contributed by atoms with Gasteiger partial charge in [-0.3, -0.25) is 9.79 Å². The lowest BCUT2D eigenvalue weighted by Gasteiger charge is -2.12. The number of carbonyl (C=O) groups is 1. The molecule has 0 bridgehead atoms. The van der Waals surface area contributed by atoms with E-state index in [9.17, 15) is 4.79 Å². The number of rotatable bonds is 7. The van der Waals surface area contributed by atoms with Crippen LogP contribution in [0.15, 0.2) is 59.6 Å². The van der Waals surface area contributed by atoms with Crippen LogP contribution in [0.25, 0.3) is 0 Å². The van der Waals surface area contributed by atoms with Crippen molar-refractivity contribution in [1.29, 1.82) is 0 Å². The van der Waals surface area contributed by atoms with Crippen LogP contribution < -0.4 is 16.0 Å².